The molecule has 0 aliphatic heterocycles. The Labute approximate surface area is 128 Å². The van der Waals surface area contributed by atoms with E-state index in [9.17, 15) is 14.9 Å². The van der Waals surface area contributed by atoms with Gasteiger partial charge in [0, 0.05) is 24.6 Å². The minimum atomic E-state index is -0.745. The van der Waals surface area contributed by atoms with Gasteiger partial charge in [0.15, 0.2) is 5.82 Å². The van der Waals surface area contributed by atoms with Gasteiger partial charge in [0.25, 0.3) is 5.91 Å². The van der Waals surface area contributed by atoms with Crippen LogP contribution in [0.1, 0.15) is 36.2 Å². The summed E-state index contributed by atoms with van der Waals surface area (Å²) in [6.07, 6.45) is 5.75. The zero-order valence-corrected chi connectivity index (χ0v) is 12.6. The summed E-state index contributed by atoms with van der Waals surface area (Å²) < 4.78 is 0. The molecule has 0 fully saturated rings. The molecule has 1 heterocycles. The van der Waals surface area contributed by atoms with Crippen LogP contribution in [0, 0.1) is 10.1 Å². The third-order valence-corrected chi connectivity index (χ3v) is 3.09. The lowest BCUT2D eigenvalue weighted by Gasteiger charge is -2.11. The number of anilines is 1. The molecule has 1 rings (SSSR count). The number of hydrogen-bond acceptors (Lipinski definition) is 6. The van der Waals surface area contributed by atoms with Gasteiger partial charge in [-0.15, -0.1) is 0 Å². The molecule has 0 spiro atoms. The van der Waals surface area contributed by atoms with E-state index in [0.29, 0.717) is 24.9 Å². The molecule has 3 N–H and O–H groups in total. The average molecular weight is 308 g/mol. The molecule has 0 saturated heterocycles. The quantitative estimate of drug-likeness (QED) is 0.292. The first-order chi connectivity index (χ1) is 10.5. The first-order valence-electron chi connectivity index (χ1n) is 6.97. The molecule has 1 aromatic heterocycles. The van der Waals surface area contributed by atoms with Gasteiger partial charge in [0.2, 0.25) is 6.04 Å². The van der Waals surface area contributed by atoms with Crippen LogP contribution in [0.5, 0.6) is 0 Å². The van der Waals surface area contributed by atoms with Crippen LogP contribution in [-0.4, -0.2) is 33.6 Å². The van der Waals surface area contributed by atoms with Gasteiger partial charge in [-0.3, -0.25) is 25.6 Å². The number of rotatable bonds is 8. The summed E-state index contributed by atoms with van der Waals surface area (Å²) in [7, 11) is 0. The topological polar surface area (TPSA) is 117 Å². The lowest BCUT2D eigenvalue weighted by molar-refractivity contribution is -0.504. The fraction of sp³-hybridized carbons (Fsp3) is 0.429. The molecular weight excluding hydrogens is 288 g/mol. The summed E-state index contributed by atoms with van der Waals surface area (Å²) in [5.74, 6) is -0.244. The van der Waals surface area contributed by atoms with Crippen LogP contribution in [0.4, 0.5) is 5.82 Å². The summed E-state index contributed by atoms with van der Waals surface area (Å²) in [6, 6.07) is 0.972. The molecule has 0 aliphatic rings. The van der Waals surface area contributed by atoms with Crippen LogP contribution in [0.2, 0.25) is 0 Å². The van der Waals surface area contributed by atoms with Crippen LogP contribution in [-0.2, 0) is 6.42 Å². The number of aromatic nitrogens is 1. The second-order valence-corrected chi connectivity index (χ2v) is 4.66. The van der Waals surface area contributed by atoms with E-state index < -0.39 is 11.0 Å². The Balaban J connectivity index is 2.61. The van der Waals surface area contributed by atoms with Gasteiger partial charge >= 0.3 is 0 Å². The van der Waals surface area contributed by atoms with Crippen molar-refractivity contribution in [3.63, 3.8) is 0 Å². The number of nitrogens with one attached hydrogen (secondary N) is 2. The lowest BCUT2D eigenvalue weighted by Crippen LogP contribution is -2.26. The third kappa shape index (κ3) is 4.81. The third-order valence-electron chi connectivity index (χ3n) is 3.09. The van der Waals surface area contributed by atoms with E-state index in [4.69, 9.17) is 5.21 Å². The molecule has 22 heavy (non-hydrogen) atoms. The van der Waals surface area contributed by atoms with E-state index >= 15 is 0 Å². The molecular formula is C14H20N4O4. The van der Waals surface area contributed by atoms with Crippen LogP contribution in [0.3, 0.4) is 0 Å². The zero-order chi connectivity index (χ0) is 16.5. The highest BCUT2D eigenvalue weighted by atomic mass is 16.6. The van der Waals surface area contributed by atoms with E-state index in [1.165, 1.54) is 19.2 Å². The fourth-order valence-electron chi connectivity index (χ4n) is 1.86. The number of hydrogen-bond donors (Lipinski definition) is 3. The van der Waals surface area contributed by atoms with Gasteiger partial charge in [-0.05, 0) is 30.5 Å². The number of aryl methyl sites for hydroxylation is 1. The van der Waals surface area contributed by atoms with E-state index in [1.807, 2.05) is 12.4 Å². The number of pyridine rings is 1. The molecule has 0 bridgehead atoms. The largest absolute Gasteiger partial charge is 0.352 e. The monoisotopic (exact) mass is 308 g/mol. The second kappa shape index (κ2) is 8.73. The molecule has 1 aromatic rings. The standard InChI is InChI=1S/C14H20N4O4/c1-3-11-7-9-15-13(17-20)12(11)14(19)16-8-5-4-6-10(2)18(21)22/h4,6-7,9-10,20H,3,5,8H2,1-2H3,(H,15,17)(H,16,19). The molecule has 0 radical (unpaired) electrons. The summed E-state index contributed by atoms with van der Waals surface area (Å²) >= 11 is 0. The van der Waals surface area contributed by atoms with Crippen molar-refractivity contribution in [3.8, 4) is 0 Å². The Morgan fingerprint density at radius 1 is 1.59 bits per heavy atom. The highest BCUT2D eigenvalue weighted by Gasteiger charge is 2.16. The van der Waals surface area contributed by atoms with Crippen LogP contribution in [0.25, 0.3) is 0 Å². The minimum absolute atomic E-state index is 0.106. The maximum absolute atomic E-state index is 12.2. The summed E-state index contributed by atoms with van der Waals surface area (Å²) in [5.41, 5.74) is 2.99. The summed E-state index contributed by atoms with van der Waals surface area (Å²) in [5, 5.41) is 22.2. The number of amides is 1. The first kappa shape index (κ1) is 17.6. The molecule has 8 nitrogen and oxygen atoms in total. The van der Waals surface area contributed by atoms with Crippen LogP contribution >= 0.6 is 0 Å². The van der Waals surface area contributed by atoms with Crippen molar-refractivity contribution in [2.75, 3.05) is 12.0 Å². The van der Waals surface area contributed by atoms with E-state index in [0.717, 1.165) is 5.56 Å². The van der Waals surface area contributed by atoms with Crippen molar-refractivity contribution >= 4 is 11.7 Å². The van der Waals surface area contributed by atoms with Crippen molar-refractivity contribution in [2.24, 2.45) is 0 Å². The maximum Gasteiger partial charge on any atom is 0.255 e. The molecule has 8 heteroatoms. The Morgan fingerprint density at radius 3 is 2.91 bits per heavy atom. The zero-order valence-electron chi connectivity index (χ0n) is 12.6. The lowest BCUT2D eigenvalue weighted by atomic mass is 10.1. The average Bonchev–Trinajstić information content (AvgIpc) is 2.52. The molecule has 0 aromatic carbocycles. The van der Waals surface area contributed by atoms with Crippen molar-refractivity contribution in [1.29, 1.82) is 0 Å². The number of nitrogens with zero attached hydrogens (tertiary/aromatic N) is 2. The summed E-state index contributed by atoms with van der Waals surface area (Å²) in [6.45, 7) is 3.72. The molecule has 1 unspecified atom stereocenters. The molecule has 120 valence electrons. The van der Waals surface area contributed by atoms with Crippen molar-refractivity contribution < 1.29 is 14.9 Å². The van der Waals surface area contributed by atoms with E-state index in [1.54, 1.807) is 12.1 Å². The molecule has 1 amide bonds. The number of carbonyl (C=O) groups excluding carboxylic acids is 1. The van der Waals surface area contributed by atoms with Gasteiger partial charge in [-0.2, -0.15) is 0 Å². The maximum atomic E-state index is 12.2. The SMILES string of the molecule is CCc1ccnc(NO)c1C(=O)NCCC=CC(C)[N+](=O)[O-]. The van der Waals surface area contributed by atoms with Gasteiger partial charge < -0.3 is 5.32 Å². The van der Waals surface area contributed by atoms with Crippen LogP contribution in [0.15, 0.2) is 24.4 Å². The number of carbonyl (C=O) groups is 1. The van der Waals surface area contributed by atoms with Gasteiger partial charge in [0.1, 0.15) is 0 Å². The highest BCUT2D eigenvalue weighted by Crippen LogP contribution is 2.17. The minimum Gasteiger partial charge on any atom is -0.352 e. The van der Waals surface area contributed by atoms with E-state index in [2.05, 4.69) is 10.3 Å². The fourth-order valence-corrected chi connectivity index (χ4v) is 1.86. The van der Waals surface area contributed by atoms with Gasteiger partial charge in [-0.25, -0.2) is 4.98 Å². The van der Waals surface area contributed by atoms with Crippen molar-refractivity contribution in [1.82, 2.24) is 10.3 Å². The smallest absolute Gasteiger partial charge is 0.255 e. The normalized spacial score (nSPS) is 12.1. The predicted octanol–water partition coefficient (Wildman–Crippen LogP) is 1.79. The second-order valence-electron chi connectivity index (χ2n) is 4.66. The first-order valence-corrected chi connectivity index (χ1v) is 6.97. The predicted molar refractivity (Wildman–Crippen MR) is 81.6 cm³/mol. The molecule has 0 saturated carbocycles. The summed E-state index contributed by atoms with van der Waals surface area (Å²) in [4.78, 5) is 26.1. The van der Waals surface area contributed by atoms with Gasteiger partial charge in [-0.1, -0.05) is 13.0 Å². The Hall–Kier alpha value is -2.48. The van der Waals surface area contributed by atoms with Gasteiger partial charge in [0.05, 0.1) is 5.56 Å². The van der Waals surface area contributed by atoms with Crippen molar-refractivity contribution in [3.05, 3.63) is 45.7 Å². The molecule has 1 atom stereocenters. The van der Waals surface area contributed by atoms with Crippen molar-refractivity contribution in [2.45, 2.75) is 32.7 Å². The number of nitro groups is 1. The Kier molecular flexibility index (Phi) is 6.97. The Bertz CT molecular complexity index is 538. The van der Waals surface area contributed by atoms with E-state index in [-0.39, 0.29) is 11.7 Å². The van der Waals surface area contributed by atoms with Crippen LogP contribution < -0.4 is 10.8 Å². The Morgan fingerprint density at radius 2 is 2.32 bits per heavy atom. The molecule has 0 aliphatic carbocycles. The highest BCUT2D eigenvalue weighted by molar-refractivity contribution is 6.00.